The summed E-state index contributed by atoms with van der Waals surface area (Å²) in [6.07, 6.45) is -0.549. The molecule has 0 aliphatic heterocycles. The summed E-state index contributed by atoms with van der Waals surface area (Å²) < 4.78 is 20.2. The lowest BCUT2D eigenvalue weighted by atomic mass is 10.1. The number of amides is 2. The summed E-state index contributed by atoms with van der Waals surface area (Å²) in [6, 6.07) is 8.67. The summed E-state index contributed by atoms with van der Waals surface area (Å²) in [7, 11) is 5.66. The SMILES string of the molecule is COCCOc1cc([N+](=O)[O-])c(C(=O)Nc2ccc(N(C)C(=O)OC)cc2)cc1OC. The Bertz CT molecular complexity index is 946. The predicted molar refractivity (Wildman–Crippen MR) is 112 cm³/mol. The van der Waals surface area contributed by atoms with E-state index in [1.807, 2.05) is 0 Å². The minimum atomic E-state index is -0.706. The summed E-state index contributed by atoms with van der Waals surface area (Å²) >= 11 is 0. The van der Waals surface area contributed by atoms with Gasteiger partial charge in [0.05, 0.1) is 31.8 Å². The maximum atomic E-state index is 12.7. The molecule has 2 rings (SSSR count). The second-order valence-electron chi connectivity index (χ2n) is 6.15. The van der Waals surface area contributed by atoms with Gasteiger partial charge in [0.2, 0.25) is 0 Å². The van der Waals surface area contributed by atoms with Gasteiger partial charge in [-0.15, -0.1) is 0 Å². The molecule has 2 aromatic carbocycles. The third kappa shape index (κ3) is 5.82. The van der Waals surface area contributed by atoms with E-state index in [4.69, 9.17) is 14.2 Å². The number of nitrogens with one attached hydrogen (secondary N) is 1. The fraction of sp³-hybridized carbons (Fsp3) is 0.300. The molecule has 0 heterocycles. The van der Waals surface area contributed by atoms with Gasteiger partial charge in [-0.05, 0) is 24.3 Å². The van der Waals surface area contributed by atoms with Gasteiger partial charge in [0.1, 0.15) is 12.2 Å². The van der Waals surface area contributed by atoms with E-state index in [-0.39, 0.29) is 30.3 Å². The Morgan fingerprint density at radius 3 is 2.29 bits per heavy atom. The molecular formula is C20H23N3O8. The van der Waals surface area contributed by atoms with E-state index in [1.54, 1.807) is 24.3 Å². The molecule has 11 heteroatoms. The highest BCUT2D eigenvalue weighted by Crippen LogP contribution is 2.35. The van der Waals surface area contributed by atoms with Crippen molar-refractivity contribution in [1.82, 2.24) is 0 Å². The fourth-order valence-corrected chi connectivity index (χ4v) is 2.60. The van der Waals surface area contributed by atoms with Crippen LogP contribution in [0.5, 0.6) is 11.5 Å². The van der Waals surface area contributed by atoms with Crippen LogP contribution in [0.25, 0.3) is 0 Å². The second-order valence-corrected chi connectivity index (χ2v) is 6.15. The molecule has 0 unspecified atom stereocenters. The van der Waals surface area contributed by atoms with Gasteiger partial charge >= 0.3 is 6.09 Å². The molecule has 0 saturated heterocycles. The third-order valence-electron chi connectivity index (χ3n) is 4.23. The lowest BCUT2D eigenvalue weighted by Gasteiger charge is -2.16. The average Bonchev–Trinajstić information content (AvgIpc) is 2.78. The molecule has 0 saturated carbocycles. The van der Waals surface area contributed by atoms with E-state index in [0.29, 0.717) is 11.4 Å². The largest absolute Gasteiger partial charge is 0.493 e. The Balaban J connectivity index is 2.27. The number of nitro groups is 1. The van der Waals surface area contributed by atoms with E-state index >= 15 is 0 Å². The molecule has 0 radical (unpaired) electrons. The molecule has 0 spiro atoms. The van der Waals surface area contributed by atoms with Crippen LogP contribution in [0, 0.1) is 10.1 Å². The summed E-state index contributed by atoms with van der Waals surface area (Å²) in [4.78, 5) is 36.4. The van der Waals surface area contributed by atoms with E-state index in [0.717, 1.165) is 6.07 Å². The lowest BCUT2D eigenvalue weighted by molar-refractivity contribution is -0.385. The number of rotatable bonds is 9. The number of anilines is 2. The van der Waals surface area contributed by atoms with Crippen LogP contribution in [0.1, 0.15) is 10.4 Å². The number of hydrogen-bond donors (Lipinski definition) is 1. The molecule has 0 aromatic heterocycles. The average molecular weight is 433 g/mol. The second kappa shape index (κ2) is 10.8. The minimum Gasteiger partial charge on any atom is -0.493 e. The first kappa shape index (κ1) is 23.4. The highest BCUT2D eigenvalue weighted by Gasteiger charge is 2.25. The van der Waals surface area contributed by atoms with Gasteiger partial charge in [-0.2, -0.15) is 0 Å². The maximum absolute atomic E-state index is 12.7. The van der Waals surface area contributed by atoms with Gasteiger partial charge in [0, 0.05) is 31.6 Å². The molecule has 0 aliphatic rings. The number of carbonyl (C=O) groups is 2. The zero-order chi connectivity index (χ0) is 23.0. The molecule has 0 aliphatic carbocycles. The molecule has 0 fully saturated rings. The summed E-state index contributed by atoms with van der Waals surface area (Å²) in [5, 5.41) is 14.1. The number of benzene rings is 2. The van der Waals surface area contributed by atoms with Crippen LogP contribution >= 0.6 is 0 Å². The van der Waals surface area contributed by atoms with Gasteiger partial charge < -0.3 is 24.3 Å². The molecular weight excluding hydrogens is 410 g/mol. The molecule has 31 heavy (non-hydrogen) atoms. The van der Waals surface area contributed by atoms with E-state index in [2.05, 4.69) is 10.1 Å². The summed E-state index contributed by atoms with van der Waals surface area (Å²) in [5.41, 5.74) is 0.278. The quantitative estimate of drug-likeness (QED) is 0.363. The standard InChI is InChI=1S/C20H23N3O8/c1-22(20(25)30-4)14-7-5-13(6-8-14)21-19(24)15-11-17(29-3)18(31-10-9-28-2)12-16(15)23(26)27/h5-8,11-12H,9-10H2,1-4H3,(H,21,24). The molecule has 11 nitrogen and oxygen atoms in total. The van der Waals surface area contributed by atoms with Crippen LogP contribution in [-0.2, 0) is 9.47 Å². The summed E-state index contributed by atoms with van der Waals surface area (Å²) in [5.74, 6) is -0.414. The zero-order valence-electron chi connectivity index (χ0n) is 17.5. The Morgan fingerprint density at radius 1 is 1.06 bits per heavy atom. The Kier molecular flexibility index (Phi) is 8.15. The first-order valence-corrected chi connectivity index (χ1v) is 9.03. The van der Waals surface area contributed by atoms with Crippen molar-refractivity contribution >= 4 is 29.1 Å². The Morgan fingerprint density at radius 2 is 1.74 bits per heavy atom. The van der Waals surface area contributed by atoms with Gasteiger partial charge in [0.15, 0.2) is 11.5 Å². The van der Waals surface area contributed by atoms with Crippen molar-refractivity contribution in [2.24, 2.45) is 0 Å². The molecule has 2 aromatic rings. The van der Waals surface area contributed by atoms with Gasteiger partial charge in [-0.25, -0.2) is 4.79 Å². The van der Waals surface area contributed by atoms with Crippen molar-refractivity contribution in [3.8, 4) is 11.5 Å². The maximum Gasteiger partial charge on any atom is 0.413 e. The highest BCUT2D eigenvalue weighted by atomic mass is 16.6. The number of methoxy groups -OCH3 is 3. The first-order valence-electron chi connectivity index (χ1n) is 9.03. The fourth-order valence-electron chi connectivity index (χ4n) is 2.60. The normalized spacial score (nSPS) is 10.2. The van der Waals surface area contributed by atoms with Gasteiger partial charge in [0.25, 0.3) is 11.6 Å². The van der Waals surface area contributed by atoms with Crippen molar-refractivity contribution in [2.45, 2.75) is 0 Å². The van der Waals surface area contributed by atoms with Crippen LogP contribution in [0.3, 0.4) is 0 Å². The van der Waals surface area contributed by atoms with Crippen LogP contribution in [0.2, 0.25) is 0 Å². The molecule has 166 valence electrons. The Labute approximate surface area is 178 Å². The minimum absolute atomic E-state index is 0.123. The Hall–Kier alpha value is -3.86. The molecule has 0 bridgehead atoms. The zero-order valence-corrected chi connectivity index (χ0v) is 17.5. The molecule has 2 amide bonds. The van der Waals surface area contributed by atoms with Crippen molar-refractivity contribution in [3.63, 3.8) is 0 Å². The predicted octanol–water partition coefficient (Wildman–Crippen LogP) is 3.08. The topological polar surface area (TPSA) is 129 Å². The van der Waals surface area contributed by atoms with Crippen LogP contribution in [0.4, 0.5) is 21.9 Å². The van der Waals surface area contributed by atoms with Crippen molar-refractivity contribution in [3.05, 3.63) is 52.1 Å². The number of ether oxygens (including phenoxy) is 4. The van der Waals surface area contributed by atoms with Gasteiger partial charge in [-0.1, -0.05) is 0 Å². The van der Waals surface area contributed by atoms with Gasteiger partial charge in [-0.3, -0.25) is 19.8 Å². The highest BCUT2D eigenvalue weighted by molar-refractivity contribution is 6.07. The number of carbonyl (C=O) groups excluding carboxylic acids is 2. The van der Waals surface area contributed by atoms with Crippen LogP contribution in [-0.4, -0.2) is 58.5 Å². The molecule has 1 N–H and O–H groups in total. The number of nitrogens with zero attached hydrogens (tertiary/aromatic N) is 2. The number of hydrogen-bond acceptors (Lipinski definition) is 8. The lowest BCUT2D eigenvalue weighted by Crippen LogP contribution is -2.25. The smallest absolute Gasteiger partial charge is 0.413 e. The summed E-state index contributed by atoms with van der Waals surface area (Å²) in [6.45, 7) is 0.433. The monoisotopic (exact) mass is 433 g/mol. The molecule has 0 atom stereocenters. The third-order valence-corrected chi connectivity index (χ3v) is 4.23. The van der Waals surface area contributed by atoms with E-state index in [9.17, 15) is 19.7 Å². The van der Waals surface area contributed by atoms with Crippen molar-refractivity contribution < 1.29 is 33.5 Å². The van der Waals surface area contributed by atoms with Crippen LogP contribution in [0.15, 0.2) is 36.4 Å². The van der Waals surface area contributed by atoms with Crippen molar-refractivity contribution in [2.75, 3.05) is 51.8 Å². The number of nitro benzene ring substituents is 1. The van der Waals surface area contributed by atoms with E-state index < -0.39 is 22.6 Å². The van der Waals surface area contributed by atoms with Crippen molar-refractivity contribution in [1.29, 1.82) is 0 Å². The first-order chi connectivity index (χ1) is 14.8. The van der Waals surface area contributed by atoms with E-state index in [1.165, 1.54) is 39.3 Å². The van der Waals surface area contributed by atoms with Crippen LogP contribution < -0.4 is 19.7 Å².